The molecule has 0 aromatic carbocycles. The SMILES string of the molecule is CCNc1ncnc(N2CCC3(CCCC3)CC2)c1C. The molecule has 0 unspecified atom stereocenters. The summed E-state index contributed by atoms with van der Waals surface area (Å²) in [7, 11) is 0. The van der Waals surface area contributed by atoms with Gasteiger partial charge in [-0.25, -0.2) is 9.97 Å². The van der Waals surface area contributed by atoms with Crippen LogP contribution in [0.25, 0.3) is 0 Å². The first-order valence-electron chi connectivity index (χ1n) is 8.04. The summed E-state index contributed by atoms with van der Waals surface area (Å²) in [5.41, 5.74) is 1.86. The number of hydrogen-bond donors (Lipinski definition) is 1. The largest absolute Gasteiger partial charge is 0.370 e. The third-order valence-corrected chi connectivity index (χ3v) is 5.19. The third kappa shape index (κ3) is 2.48. The lowest BCUT2D eigenvalue weighted by atomic mass is 9.77. The second-order valence-electron chi connectivity index (χ2n) is 6.40. The Kier molecular flexibility index (Phi) is 3.81. The van der Waals surface area contributed by atoms with Gasteiger partial charge in [-0.3, -0.25) is 0 Å². The van der Waals surface area contributed by atoms with Gasteiger partial charge >= 0.3 is 0 Å². The van der Waals surface area contributed by atoms with E-state index >= 15 is 0 Å². The van der Waals surface area contributed by atoms with Crippen molar-refractivity contribution in [1.82, 2.24) is 9.97 Å². The molecule has 20 heavy (non-hydrogen) atoms. The van der Waals surface area contributed by atoms with Crippen molar-refractivity contribution >= 4 is 11.6 Å². The van der Waals surface area contributed by atoms with E-state index in [4.69, 9.17) is 0 Å². The van der Waals surface area contributed by atoms with Crippen LogP contribution in [0.2, 0.25) is 0 Å². The lowest BCUT2D eigenvalue weighted by Crippen LogP contribution is -2.39. The van der Waals surface area contributed by atoms with Crippen LogP contribution >= 0.6 is 0 Å². The zero-order valence-electron chi connectivity index (χ0n) is 12.8. The summed E-state index contributed by atoms with van der Waals surface area (Å²) in [4.78, 5) is 11.3. The molecule has 1 N–H and O–H groups in total. The van der Waals surface area contributed by atoms with Gasteiger partial charge in [0.15, 0.2) is 0 Å². The molecule has 1 aliphatic heterocycles. The van der Waals surface area contributed by atoms with Crippen molar-refractivity contribution in [2.45, 2.75) is 52.4 Å². The van der Waals surface area contributed by atoms with Crippen LogP contribution in [0.3, 0.4) is 0 Å². The molecule has 0 atom stereocenters. The minimum atomic E-state index is 0.669. The summed E-state index contributed by atoms with van der Waals surface area (Å²) >= 11 is 0. The molecule has 0 amide bonds. The average Bonchev–Trinajstić information content (AvgIpc) is 2.91. The lowest BCUT2D eigenvalue weighted by molar-refractivity contribution is 0.226. The first-order chi connectivity index (χ1) is 9.74. The van der Waals surface area contributed by atoms with Crippen LogP contribution in [0.4, 0.5) is 11.6 Å². The van der Waals surface area contributed by atoms with Gasteiger partial charge in [0.25, 0.3) is 0 Å². The fourth-order valence-corrected chi connectivity index (χ4v) is 3.92. The molecule has 1 aromatic rings. The molecule has 1 saturated heterocycles. The predicted molar refractivity (Wildman–Crippen MR) is 83.3 cm³/mol. The summed E-state index contributed by atoms with van der Waals surface area (Å²) in [6.45, 7) is 7.45. The van der Waals surface area contributed by atoms with E-state index in [1.54, 1.807) is 6.33 Å². The van der Waals surface area contributed by atoms with Gasteiger partial charge in [-0.1, -0.05) is 12.8 Å². The smallest absolute Gasteiger partial charge is 0.137 e. The summed E-state index contributed by atoms with van der Waals surface area (Å²) in [5, 5.41) is 3.33. The van der Waals surface area contributed by atoms with E-state index in [-0.39, 0.29) is 0 Å². The first-order valence-corrected chi connectivity index (χ1v) is 8.04. The molecule has 3 rings (SSSR count). The number of hydrogen-bond acceptors (Lipinski definition) is 4. The van der Waals surface area contributed by atoms with E-state index < -0.39 is 0 Å². The van der Waals surface area contributed by atoms with Crippen LogP contribution in [0.1, 0.15) is 51.0 Å². The standard InChI is InChI=1S/C16H26N4/c1-3-17-14-13(2)15(19-12-18-14)20-10-8-16(9-11-20)6-4-5-7-16/h12H,3-11H2,1-2H3,(H,17,18,19). The maximum atomic E-state index is 4.53. The Morgan fingerprint density at radius 2 is 1.85 bits per heavy atom. The number of anilines is 2. The number of aromatic nitrogens is 2. The minimum Gasteiger partial charge on any atom is -0.370 e. The Morgan fingerprint density at radius 3 is 2.50 bits per heavy atom. The minimum absolute atomic E-state index is 0.669. The van der Waals surface area contributed by atoms with Crippen molar-refractivity contribution in [3.63, 3.8) is 0 Å². The highest BCUT2D eigenvalue weighted by atomic mass is 15.2. The van der Waals surface area contributed by atoms with E-state index in [0.29, 0.717) is 5.41 Å². The van der Waals surface area contributed by atoms with Crippen molar-refractivity contribution in [3.8, 4) is 0 Å². The normalized spacial score (nSPS) is 21.4. The fraction of sp³-hybridized carbons (Fsp3) is 0.750. The topological polar surface area (TPSA) is 41.1 Å². The summed E-state index contributed by atoms with van der Waals surface area (Å²) in [6, 6.07) is 0. The first kappa shape index (κ1) is 13.7. The lowest BCUT2D eigenvalue weighted by Gasteiger charge is -2.40. The predicted octanol–water partition coefficient (Wildman–Crippen LogP) is 3.38. The van der Waals surface area contributed by atoms with Crippen molar-refractivity contribution < 1.29 is 0 Å². The zero-order chi connectivity index (χ0) is 14.0. The van der Waals surface area contributed by atoms with E-state index in [1.165, 1.54) is 44.1 Å². The van der Waals surface area contributed by atoms with Gasteiger partial charge in [0.2, 0.25) is 0 Å². The summed E-state index contributed by atoms with van der Waals surface area (Å²) < 4.78 is 0. The highest BCUT2D eigenvalue weighted by Gasteiger charge is 2.37. The van der Waals surface area contributed by atoms with Crippen LogP contribution in [0.15, 0.2) is 6.33 Å². The molecule has 4 nitrogen and oxygen atoms in total. The van der Waals surface area contributed by atoms with Crippen LogP contribution in [-0.2, 0) is 0 Å². The second kappa shape index (κ2) is 5.58. The van der Waals surface area contributed by atoms with Gasteiger partial charge in [-0.2, -0.15) is 0 Å². The molecule has 2 fully saturated rings. The Bertz CT molecular complexity index is 456. The Labute approximate surface area is 122 Å². The fourth-order valence-electron chi connectivity index (χ4n) is 3.92. The maximum Gasteiger partial charge on any atom is 0.137 e. The molecule has 0 bridgehead atoms. The van der Waals surface area contributed by atoms with Crippen LogP contribution < -0.4 is 10.2 Å². The van der Waals surface area contributed by atoms with Crippen LogP contribution in [0, 0.1) is 12.3 Å². The number of nitrogens with one attached hydrogen (secondary N) is 1. The molecule has 1 spiro atoms. The van der Waals surface area contributed by atoms with E-state index in [9.17, 15) is 0 Å². The van der Waals surface area contributed by atoms with Crippen LogP contribution in [-0.4, -0.2) is 29.6 Å². The highest BCUT2D eigenvalue weighted by molar-refractivity contribution is 5.58. The Morgan fingerprint density at radius 1 is 1.15 bits per heavy atom. The molecule has 110 valence electrons. The van der Waals surface area contributed by atoms with Gasteiger partial charge in [-0.15, -0.1) is 0 Å². The second-order valence-corrected chi connectivity index (χ2v) is 6.40. The Hall–Kier alpha value is -1.32. The van der Waals surface area contributed by atoms with E-state index in [2.05, 4.69) is 34.0 Å². The van der Waals surface area contributed by atoms with Gasteiger partial charge in [0, 0.05) is 25.2 Å². The Balaban J connectivity index is 1.73. The van der Waals surface area contributed by atoms with Crippen molar-refractivity contribution in [2.24, 2.45) is 5.41 Å². The summed E-state index contributed by atoms with van der Waals surface area (Å²) in [6.07, 6.45) is 10.2. The van der Waals surface area contributed by atoms with Crippen molar-refractivity contribution in [3.05, 3.63) is 11.9 Å². The van der Waals surface area contributed by atoms with Gasteiger partial charge in [0.1, 0.15) is 18.0 Å². The molecule has 1 aromatic heterocycles. The molecule has 1 aliphatic carbocycles. The molecular formula is C16H26N4. The molecule has 2 aliphatic rings. The molecular weight excluding hydrogens is 248 g/mol. The maximum absolute atomic E-state index is 4.53. The van der Waals surface area contributed by atoms with Gasteiger partial charge in [-0.05, 0) is 44.9 Å². The monoisotopic (exact) mass is 274 g/mol. The zero-order valence-corrected chi connectivity index (χ0v) is 12.8. The van der Waals surface area contributed by atoms with Crippen molar-refractivity contribution in [2.75, 3.05) is 29.9 Å². The number of rotatable bonds is 3. The molecule has 4 heteroatoms. The molecule has 2 heterocycles. The number of piperidine rings is 1. The van der Waals surface area contributed by atoms with E-state index in [0.717, 1.165) is 31.3 Å². The summed E-state index contributed by atoms with van der Waals surface area (Å²) in [5.74, 6) is 2.11. The van der Waals surface area contributed by atoms with E-state index in [1.807, 2.05) is 0 Å². The van der Waals surface area contributed by atoms with Crippen molar-refractivity contribution in [1.29, 1.82) is 0 Å². The van der Waals surface area contributed by atoms with Gasteiger partial charge < -0.3 is 10.2 Å². The quantitative estimate of drug-likeness (QED) is 0.917. The molecule has 0 radical (unpaired) electrons. The number of nitrogens with zero attached hydrogens (tertiary/aromatic N) is 3. The van der Waals surface area contributed by atoms with Crippen LogP contribution in [0.5, 0.6) is 0 Å². The third-order valence-electron chi connectivity index (χ3n) is 5.19. The van der Waals surface area contributed by atoms with Gasteiger partial charge in [0.05, 0.1) is 0 Å². The average molecular weight is 274 g/mol. The highest BCUT2D eigenvalue weighted by Crippen LogP contribution is 2.46. The molecule has 1 saturated carbocycles.